The number of hydrogen-bond acceptors (Lipinski definition) is 6. The van der Waals surface area contributed by atoms with Crippen molar-refractivity contribution >= 4 is 17.6 Å². The maximum Gasteiger partial charge on any atom is 0.308 e. The Morgan fingerprint density at radius 1 is 1.59 bits per heavy atom. The summed E-state index contributed by atoms with van der Waals surface area (Å²) in [5.41, 5.74) is -0.208. The Hall–Kier alpha value is -2.25. The molecule has 8 heteroatoms. The van der Waals surface area contributed by atoms with Crippen molar-refractivity contribution in [2.75, 3.05) is 11.9 Å². The van der Waals surface area contributed by atoms with Crippen LogP contribution in [-0.4, -0.2) is 32.5 Å². The normalized spacial score (nSPS) is 11.8. The van der Waals surface area contributed by atoms with Gasteiger partial charge in [-0.25, -0.2) is 9.97 Å². The van der Waals surface area contributed by atoms with Crippen LogP contribution >= 0.6 is 0 Å². The van der Waals surface area contributed by atoms with Gasteiger partial charge >= 0.3 is 11.7 Å². The molecular formula is C9H12N4O4. The fraction of sp³-hybridized carbons (Fsp3) is 0.444. The van der Waals surface area contributed by atoms with E-state index in [9.17, 15) is 14.9 Å². The average molecular weight is 240 g/mol. The molecule has 0 bridgehead atoms. The van der Waals surface area contributed by atoms with Crippen LogP contribution < -0.4 is 5.32 Å². The molecule has 2 N–H and O–H groups in total. The topological polar surface area (TPSA) is 118 Å². The molecule has 1 aromatic heterocycles. The maximum absolute atomic E-state index is 10.7. The van der Waals surface area contributed by atoms with Gasteiger partial charge in [0.25, 0.3) is 0 Å². The summed E-state index contributed by atoms with van der Waals surface area (Å²) < 4.78 is 0. The van der Waals surface area contributed by atoms with Crippen LogP contribution in [0.5, 0.6) is 0 Å². The van der Waals surface area contributed by atoms with E-state index in [4.69, 9.17) is 5.11 Å². The van der Waals surface area contributed by atoms with Crippen molar-refractivity contribution in [3.63, 3.8) is 0 Å². The van der Waals surface area contributed by atoms with Crippen molar-refractivity contribution in [2.45, 2.75) is 13.3 Å². The Morgan fingerprint density at radius 3 is 2.59 bits per heavy atom. The second-order valence-corrected chi connectivity index (χ2v) is 3.35. The van der Waals surface area contributed by atoms with Crippen molar-refractivity contribution in [3.05, 3.63) is 22.5 Å². The van der Waals surface area contributed by atoms with Crippen LogP contribution in [0, 0.1) is 16.0 Å². The molecule has 0 aliphatic carbocycles. The van der Waals surface area contributed by atoms with Gasteiger partial charge in [-0.05, 0) is 6.42 Å². The fourth-order valence-electron chi connectivity index (χ4n) is 1.13. The SMILES string of the molecule is CCC(CNc1ncc([N+](=O)[O-])cn1)C(=O)O. The first kappa shape index (κ1) is 12.8. The maximum atomic E-state index is 10.7. The first-order valence-electron chi connectivity index (χ1n) is 4.97. The predicted molar refractivity (Wildman–Crippen MR) is 58.6 cm³/mol. The monoisotopic (exact) mass is 240 g/mol. The zero-order valence-corrected chi connectivity index (χ0v) is 9.16. The van der Waals surface area contributed by atoms with Crippen molar-refractivity contribution in [3.8, 4) is 0 Å². The van der Waals surface area contributed by atoms with Crippen molar-refractivity contribution in [1.29, 1.82) is 0 Å². The number of aliphatic carboxylic acids is 1. The third-order valence-electron chi connectivity index (χ3n) is 2.20. The summed E-state index contributed by atoms with van der Waals surface area (Å²) in [6.07, 6.45) is 2.61. The summed E-state index contributed by atoms with van der Waals surface area (Å²) in [6.45, 7) is 1.95. The van der Waals surface area contributed by atoms with Crippen molar-refractivity contribution in [2.24, 2.45) is 5.92 Å². The zero-order chi connectivity index (χ0) is 12.8. The van der Waals surface area contributed by atoms with Gasteiger partial charge in [-0.3, -0.25) is 14.9 Å². The molecule has 17 heavy (non-hydrogen) atoms. The van der Waals surface area contributed by atoms with E-state index in [1.165, 1.54) is 0 Å². The first-order valence-corrected chi connectivity index (χ1v) is 4.97. The molecule has 1 heterocycles. The van der Waals surface area contributed by atoms with E-state index in [1.54, 1.807) is 6.92 Å². The number of rotatable bonds is 6. The number of anilines is 1. The zero-order valence-electron chi connectivity index (χ0n) is 9.16. The van der Waals surface area contributed by atoms with Crippen LogP contribution in [-0.2, 0) is 4.79 Å². The molecule has 0 aromatic carbocycles. The highest BCUT2D eigenvalue weighted by atomic mass is 16.6. The highest BCUT2D eigenvalue weighted by Gasteiger charge is 2.15. The van der Waals surface area contributed by atoms with Gasteiger partial charge in [0.15, 0.2) is 0 Å². The van der Waals surface area contributed by atoms with Gasteiger partial charge in [-0.2, -0.15) is 0 Å². The molecule has 0 aliphatic rings. The van der Waals surface area contributed by atoms with E-state index >= 15 is 0 Å². The molecule has 1 unspecified atom stereocenters. The van der Waals surface area contributed by atoms with E-state index < -0.39 is 16.8 Å². The summed E-state index contributed by atoms with van der Waals surface area (Å²) in [4.78, 5) is 27.9. The molecule has 0 spiro atoms. The van der Waals surface area contributed by atoms with Gasteiger partial charge in [0.2, 0.25) is 5.95 Å². The second kappa shape index (κ2) is 5.73. The summed E-state index contributed by atoms with van der Waals surface area (Å²) in [5, 5.41) is 21.9. The van der Waals surface area contributed by atoms with Crippen LogP contribution in [0.25, 0.3) is 0 Å². The average Bonchev–Trinajstić information content (AvgIpc) is 2.30. The van der Waals surface area contributed by atoms with Crippen LogP contribution in [0.2, 0.25) is 0 Å². The minimum Gasteiger partial charge on any atom is -0.481 e. The number of aromatic nitrogens is 2. The number of carboxylic acids is 1. The van der Waals surface area contributed by atoms with E-state index in [1.807, 2.05) is 0 Å². The Balaban J connectivity index is 2.58. The summed E-state index contributed by atoms with van der Waals surface area (Å²) in [5.74, 6) is -1.26. The van der Waals surface area contributed by atoms with Crippen LogP contribution in [0.4, 0.5) is 11.6 Å². The van der Waals surface area contributed by atoms with Gasteiger partial charge in [-0.1, -0.05) is 6.92 Å². The number of carboxylic acid groups (broad SMARTS) is 1. The largest absolute Gasteiger partial charge is 0.481 e. The second-order valence-electron chi connectivity index (χ2n) is 3.35. The van der Waals surface area contributed by atoms with Crippen molar-refractivity contribution in [1.82, 2.24) is 9.97 Å². The molecular weight excluding hydrogens is 228 g/mol. The van der Waals surface area contributed by atoms with E-state index in [2.05, 4.69) is 15.3 Å². The van der Waals surface area contributed by atoms with Gasteiger partial charge in [-0.15, -0.1) is 0 Å². The Morgan fingerprint density at radius 2 is 2.18 bits per heavy atom. The summed E-state index contributed by atoms with van der Waals surface area (Å²) >= 11 is 0. The number of nitrogens with zero attached hydrogens (tertiary/aromatic N) is 3. The van der Waals surface area contributed by atoms with Crippen LogP contribution in [0.15, 0.2) is 12.4 Å². The van der Waals surface area contributed by atoms with E-state index in [0.717, 1.165) is 12.4 Å². The van der Waals surface area contributed by atoms with E-state index in [0.29, 0.717) is 6.42 Å². The number of hydrogen-bond donors (Lipinski definition) is 2. The standard InChI is InChI=1S/C9H12N4O4/c1-2-6(8(14)15)3-10-9-11-4-7(5-12-9)13(16)17/h4-6H,2-3H2,1H3,(H,14,15)(H,10,11,12). The van der Waals surface area contributed by atoms with Gasteiger partial charge in [0, 0.05) is 6.54 Å². The summed E-state index contributed by atoms with van der Waals surface area (Å²) in [6, 6.07) is 0. The fourth-order valence-corrected chi connectivity index (χ4v) is 1.13. The molecule has 1 rings (SSSR count). The first-order chi connectivity index (χ1) is 8.04. The summed E-state index contributed by atoms with van der Waals surface area (Å²) in [7, 11) is 0. The number of nitro groups is 1. The minimum absolute atomic E-state index is 0.176. The van der Waals surface area contributed by atoms with E-state index in [-0.39, 0.29) is 18.2 Å². The molecule has 0 aliphatic heterocycles. The minimum atomic E-state index is -0.901. The van der Waals surface area contributed by atoms with Gasteiger partial charge < -0.3 is 10.4 Å². The van der Waals surface area contributed by atoms with Gasteiger partial charge in [0.1, 0.15) is 12.4 Å². The Labute approximate surface area is 96.9 Å². The smallest absolute Gasteiger partial charge is 0.308 e. The molecule has 0 amide bonds. The predicted octanol–water partition coefficient (Wildman–Crippen LogP) is 0.907. The van der Waals surface area contributed by atoms with Gasteiger partial charge in [0.05, 0.1) is 10.8 Å². The number of carbonyl (C=O) groups is 1. The lowest BCUT2D eigenvalue weighted by molar-refractivity contribution is -0.385. The molecule has 0 saturated carbocycles. The lowest BCUT2D eigenvalue weighted by Crippen LogP contribution is -2.22. The highest BCUT2D eigenvalue weighted by Crippen LogP contribution is 2.09. The molecule has 1 aromatic rings. The highest BCUT2D eigenvalue weighted by molar-refractivity contribution is 5.70. The quantitative estimate of drug-likeness (QED) is 0.560. The van der Waals surface area contributed by atoms with Crippen LogP contribution in [0.3, 0.4) is 0 Å². The molecule has 0 fully saturated rings. The molecule has 0 saturated heterocycles. The number of nitrogens with one attached hydrogen (secondary N) is 1. The van der Waals surface area contributed by atoms with Crippen molar-refractivity contribution < 1.29 is 14.8 Å². The lowest BCUT2D eigenvalue weighted by atomic mass is 10.1. The molecule has 1 atom stereocenters. The Bertz CT molecular complexity index is 406. The molecule has 92 valence electrons. The molecule has 0 radical (unpaired) electrons. The Kier molecular flexibility index (Phi) is 4.32. The third kappa shape index (κ3) is 3.67. The lowest BCUT2D eigenvalue weighted by Gasteiger charge is -2.10. The molecule has 8 nitrogen and oxygen atoms in total. The van der Waals surface area contributed by atoms with Crippen LogP contribution in [0.1, 0.15) is 13.3 Å². The third-order valence-corrected chi connectivity index (χ3v) is 2.20.